The molecule has 2 unspecified atom stereocenters. The van der Waals surface area contributed by atoms with Crippen LogP contribution in [0.3, 0.4) is 0 Å². The molecule has 1 aromatic rings. The van der Waals surface area contributed by atoms with Crippen molar-refractivity contribution in [3.8, 4) is 5.75 Å². The third-order valence-electron chi connectivity index (χ3n) is 4.06. The number of rotatable bonds is 4. The molecule has 1 fully saturated rings. The normalized spacial score (nSPS) is 21.9. The fourth-order valence-corrected chi connectivity index (χ4v) is 2.49. The van der Waals surface area contributed by atoms with Crippen LogP contribution in [-0.2, 0) is 4.79 Å². The molecule has 1 amide bonds. The number of carboxylic acids is 1. The number of carbonyl (C=O) groups is 2. The molecule has 1 aromatic carbocycles. The monoisotopic (exact) mass is 291 g/mol. The van der Waals surface area contributed by atoms with Crippen LogP contribution in [0.25, 0.3) is 0 Å². The lowest BCUT2D eigenvalue weighted by Crippen LogP contribution is -2.42. The first-order valence-electron chi connectivity index (χ1n) is 7.21. The Kier molecular flexibility index (Phi) is 4.83. The van der Waals surface area contributed by atoms with Crippen LogP contribution >= 0.6 is 0 Å². The number of hydrogen-bond donors (Lipinski definition) is 1. The van der Waals surface area contributed by atoms with Crippen LogP contribution in [-0.4, -0.2) is 41.6 Å². The molecule has 5 heteroatoms. The quantitative estimate of drug-likeness (QED) is 0.924. The van der Waals surface area contributed by atoms with E-state index in [1.54, 1.807) is 24.3 Å². The summed E-state index contributed by atoms with van der Waals surface area (Å²) in [5.74, 6) is 0.482. The number of carbonyl (C=O) groups excluding carboxylic acids is 1. The van der Waals surface area contributed by atoms with Crippen molar-refractivity contribution < 1.29 is 19.4 Å². The molecule has 0 saturated carbocycles. The maximum absolute atomic E-state index is 12.5. The van der Waals surface area contributed by atoms with E-state index in [4.69, 9.17) is 9.84 Å². The van der Waals surface area contributed by atoms with Gasteiger partial charge in [-0.15, -0.1) is 0 Å². The summed E-state index contributed by atoms with van der Waals surface area (Å²) in [7, 11) is 0. The third kappa shape index (κ3) is 3.97. The van der Waals surface area contributed by atoms with Crippen LogP contribution in [0.1, 0.15) is 30.6 Å². The number of ether oxygens (including phenoxy) is 1. The molecule has 1 aliphatic heterocycles. The van der Waals surface area contributed by atoms with E-state index in [0.717, 1.165) is 19.5 Å². The number of aliphatic carboxylic acids is 1. The molecule has 0 radical (unpaired) electrons. The first kappa shape index (κ1) is 15.4. The maximum Gasteiger partial charge on any atom is 0.341 e. The van der Waals surface area contributed by atoms with Gasteiger partial charge in [-0.3, -0.25) is 4.79 Å². The molecule has 1 N–H and O–H groups in total. The SMILES string of the molecule is CC1CCN(C(=O)c2cccc(OCC(=O)O)c2)CC1C. The van der Waals surface area contributed by atoms with Crippen molar-refractivity contribution in [3.63, 3.8) is 0 Å². The summed E-state index contributed by atoms with van der Waals surface area (Å²) in [5, 5.41) is 8.61. The molecule has 1 saturated heterocycles. The van der Waals surface area contributed by atoms with Crippen LogP contribution in [0.2, 0.25) is 0 Å². The number of piperidine rings is 1. The summed E-state index contributed by atoms with van der Waals surface area (Å²) in [4.78, 5) is 24.9. The standard InChI is InChI=1S/C16H21NO4/c1-11-6-7-17(9-12(11)2)16(20)13-4-3-5-14(8-13)21-10-15(18)19/h3-5,8,11-12H,6-7,9-10H2,1-2H3,(H,18,19). The topological polar surface area (TPSA) is 66.8 Å². The lowest BCUT2D eigenvalue weighted by atomic mass is 9.88. The van der Waals surface area contributed by atoms with Crippen LogP contribution < -0.4 is 4.74 Å². The second kappa shape index (κ2) is 6.61. The van der Waals surface area contributed by atoms with Crippen molar-refractivity contribution in [2.24, 2.45) is 11.8 Å². The van der Waals surface area contributed by atoms with E-state index in [1.807, 2.05) is 4.90 Å². The van der Waals surface area contributed by atoms with Crippen molar-refractivity contribution >= 4 is 11.9 Å². The zero-order chi connectivity index (χ0) is 15.4. The Hall–Kier alpha value is -2.04. The van der Waals surface area contributed by atoms with Crippen LogP contribution in [0, 0.1) is 11.8 Å². The molecule has 114 valence electrons. The minimum absolute atomic E-state index is 0.0190. The smallest absolute Gasteiger partial charge is 0.341 e. The molecule has 0 spiro atoms. The highest BCUT2D eigenvalue weighted by atomic mass is 16.5. The number of benzene rings is 1. The molecular formula is C16H21NO4. The molecular weight excluding hydrogens is 270 g/mol. The van der Waals surface area contributed by atoms with E-state index in [9.17, 15) is 9.59 Å². The Labute approximate surface area is 124 Å². The average molecular weight is 291 g/mol. The summed E-state index contributed by atoms with van der Waals surface area (Å²) < 4.78 is 5.11. The zero-order valence-electron chi connectivity index (χ0n) is 12.4. The Balaban J connectivity index is 2.05. The van der Waals surface area contributed by atoms with Crippen molar-refractivity contribution in [1.29, 1.82) is 0 Å². The summed E-state index contributed by atoms with van der Waals surface area (Å²) in [5.41, 5.74) is 0.541. The average Bonchev–Trinajstić information content (AvgIpc) is 2.47. The zero-order valence-corrected chi connectivity index (χ0v) is 12.4. The van der Waals surface area contributed by atoms with Gasteiger partial charge in [0, 0.05) is 18.7 Å². The molecule has 5 nitrogen and oxygen atoms in total. The number of carboxylic acid groups (broad SMARTS) is 1. The molecule has 2 rings (SSSR count). The van der Waals surface area contributed by atoms with Crippen LogP contribution in [0.4, 0.5) is 0 Å². The van der Waals surface area contributed by atoms with Gasteiger partial charge in [-0.05, 0) is 36.5 Å². The van der Waals surface area contributed by atoms with E-state index in [-0.39, 0.29) is 5.91 Å². The molecule has 2 atom stereocenters. The summed E-state index contributed by atoms with van der Waals surface area (Å²) >= 11 is 0. The molecule has 0 bridgehead atoms. The second-order valence-electron chi connectivity index (χ2n) is 5.70. The Morgan fingerprint density at radius 2 is 2.10 bits per heavy atom. The number of amides is 1. The van der Waals surface area contributed by atoms with Crippen molar-refractivity contribution in [3.05, 3.63) is 29.8 Å². The van der Waals surface area contributed by atoms with E-state index < -0.39 is 12.6 Å². The summed E-state index contributed by atoms with van der Waals surface area (Å²) in [6, 6.07) is 6.70. The fourth-order valence-electron chi connectivity index (χ4n) is 2.49. The van der Waals surface area contributed by atoms with Gasteiger partial charge in [-0.25, -0.2) is 4.79 Å². The van der Waals surface area contributed by atoms with Crippen LogP contribution in [0.15, 0.2) is 24.3 Å². The lowest BCUT2D eigenvalue weighted by molar-refractivity contribution is -0.139. The predicted molar refractivity (Wildman–Crippen MR) is 78.4 cm³/mol. The van der Waals surface area contributed by atoms with Crippen LogP contribution in [0.5, 0.6) is 5.75 Å². The third-order valence-corrected chi connectivity index (χ3v) is 4.06. The molecule has 0 aliphatic carbocycles. The number of likely N-dealkylation sites (tertiary alicyclic amines) is 1. The van der Waals surface area contributed by atoms with Gasteiger partial charge in [0.2, 0.25) is 0 Å². The first-order chi connectivity index (χ1) is 9.97. The Morgan fingerprint density at radius 3 is 2.76 bits per heavy atom. The highest BCUT2D eigenvalue weighted by molar-refractivity contribution is 5.94. The molecule has 1 heterocycles. The van der Waals surface area contributed by atoms with Gasteiger partial charge < -0.3 is 14.7 Å². The highest BCUT2D eigenvalue weighted by Crippen LogP contribution is 2.24. The Morgan fingerprint density at radius 1 is 1.33 bits per heavy atom. The van der Waals surface area contributed by atoms with Gasteiger partial charge in [0.25, 0.3) is 5.91 Å². The molecule has 21 heavy (non-hydrogen) atoms. The minimum Gasteiger partial charge on any atom is -0.482 e. The number of hydrogen-bond acceptors (Lipinski definition) is 3. The van der Waals surface area contributed by atoms with Crippen molar-refractivity contribution in [2.75, 3.05) is 19.7 Å². The summed E-state index contributed by atoms with van der Waals surface area (Å²) in [6.45, 7) is 5.50. The van der Waals surface area contributed by atoms with E-state index in [2.05, 4.69) is 13.8 Å². The lowest BCUT2D eigenvalue weighted by Gasteiger charge is -2.35. The van der Waals surface area contributed by atoms with Gasteiger partial charge >= 0.3 is 5.97 Å². The minimum atomic E-state index is -1.04. The highest BCUT2D eigenvalue weighted by Gasteiger charge is 2.26. The van der Waals surface area contributed by atoms with Crippen molar-refractivity contribution in [2.45, 2.75) is 20.3 Å². The van der Waals surface area contributed by atoms with Crippen molar-refractivity contribution in [1.82, 2.24) is 4.90 Å². The van der Waals surface area contributed by atoms with Gasteiger partial charge in [0.1, 0.15) is 5.75 Å². The predicted octanol–water partition coefficient (Wildman–Crippen LogP) is 2.27. The van der Waals surface area contributed by atoms with Gasteiger partial charge in [0.15, 0.2) is 6.61 Å². The van der Waals surface area contributed by atoms with Gasteiger partial charge in [-0.1, -0.05) is 19.9 Å². The van der Waals surface area contributed by atoms with E-state index >= 15 is 0 Å². The van der Waals surface area contributed by atoms with Gasteiger partial charge in [0.05, 0.1) is 0 Å². The first-order valence-corrected chi connectivity index (χ1v) is 7.21. The number of nitrogens with zero attached hydrogens (tertiary/aromatic N) is 1. The molecule has 1 aliphatic rings. The summed E-state index contributed by atoms with van der Waals surface area (Å²) in [6.07, 6.45) is 1.02. The van der Waals surface area contributed by atoms with E-state index in [1.165, 1.54) is 0 Å². The largest absolute Gasteiger partial charge is 0.482 e. The molecule has 0 aromatic heterocycles. The second-order valence-corrected chi connectivity index (χ2v) is 5.70. The maximum atomic E-state index is 12.5. The van der Waals surface area contributed by atoms with E-state index in [0.29, 0.717) is 23.1 Å². The Bertz CT molecular complexity index is 529. The van der Waals surface area contributed by atoms with Gasteiger partial charge in [-0.2, -0.15) is 0 Å². The fraction of sp³-hybridized carbons (Fsp3) is 0.500.